The standard InChI is InChI=1S/C25H47FO4/c1-2-3-4-5-6-7-8-9-10-11-12-15-20-25(26,21-16-13-18-23(27)28)22-17-14-19-24(29)30/h2-22H2,1H3,(H,27,28)(H,29,30). The lowest BCUT2D eigenvalue weighted by atomic mass is 9.87. The van der Waals surface area contributed by atoms with Crippen molar-refractivity contribution in [2.24, 2.45) is 0 Å². The molecule has 4 nitrogen and oxygen atoms in total. The monoisotopic (exact) mass is 430 g/mol. The van der Waals surface area contributed by atoms with Crippen LogP contribution in [0.15, 0.2) is 0 Å². The number of carboxylic acid groups (broad SMARTS) is 2. The molecule has 0 aromatic carbocycles. The van der Waals surface area contributed by atoms with E-state index in [0.29, 0.717) is 44.9 Å². The Kier molecular flexibility index (Phi) is 19.1. The second-order valence-corrected chi connectivity index (χ2v) is 8.99. The van der Waals surface area contributed by atoms with Gasteiger partial charge >= 0.3 is 11.9 Å². The average Bonchev–Trinajstić information content (AvgIpc) is 2.69. The van der Waals surface area contributed by atoms with Crippen LogP contribution in [0.2, 0.25) is 0 Å². The quantitative estimate of drug-likeness (QED) is 0.161. The van der Waals surface area contributed by atoms with Crippen LogP contribution in [0.1, 0.15) is 142 Å². The van der Waals surface area contributed by atoms with Gasteiger partial charge in [-0.3, -0.25) is 9.59 Å². The van der Waals surface area contributed by atoms with Crippen LogP contribution in [-0.4, -0.2) is 27.8 Å². The van der Waals surface area contributed by atoms with E-state index >= 15 is 4.39 Å². The zero-order valence-corrected chi connectivity index (χ0v) is 19.4. The van der Waals surface area contributed by atoms with Gasteiger partial charge in [-0.2, -0.15) is 0 Å². The molecular formula is C25H47FO4. The van der Waals surface area contributed by atoms with Crippen molar-refractivity contribution in [2.45, 2.75) is 147 Å². The van der Waals surface area contributed by atoms with Gasteiger partial charge in [-0.25, -0.2) is 4.39 Å². The van der Waals surface area contributed by atoms with E-state index in [2.05, 4.69) is 6.92 Å². The minimum Gasteiger partial charge on any atom is -0.481 e. The Bertz CT molecular complexity index is 403. The Labute approximate surface area is 184 Å². The highest BCUT2D eigenvalue weighted by Gasteiger charge is 2.28. The highest BCUT2D eigenvalue weighted by Crippen LogP contribution is 2.32. The van der Waals surface area contributed by atoms with Gasteiger partial charge in [-0.15, -0.1) is 0 Å². The summed E-state index contributed by atoms with van der Waals surface area (Å²) in [7, 11) is 0. The summed E-state index contributed by atoms with van der Waals surface area (Å²) in [6.07, 6.45) is 18.6. The lowest BCUT2D eigenvalue weighted by Gasteiger charge is -2.25. The third kappa shape index (κ3) is 20.2. The topological polar surface area (TPSA) is 74.6 Å². The molecule has 178 valence electrons. The number of carbonyl (C=O) groups is 2. The molecule has 0 rings (SSSR count). The van der Waals surface area contributed by atoms with E-state index in [9.17, 15) is 9.59 Å². The zero-order chi connectivity index (χ0) is 22.5. The molecule has 0 saturated carbocycles. The van der Waals surface area contributed by atoms with E-state index in [1.165, 1.54) is 57.8 Å². The first-order chi connectivity index (χ1) is 14.4. The van der Waals surface area contributed by atoms with Crippen molar-refractivity contribution in [3.8, 4) is 0 Å². The lowest BCUT2D eigenvalue weighted by Crippen LogP contribution is -2.23. The summed E-state index contributed by atoms with van der Waals surface area (Å²) in [5.41, 5.74) is -1.27. The van der Waals surface area contributed by atoms with Crippen LogP contribution in [-0.2, 0) is 9.59 Å². The molecule has 0 aliphatic rings. The van der Waals surface area contributed by atoms with Crippen molar-refractivity contribution in [1.29, 1.82) is 0 Å². The van der Waals surface area contributed by atoms with Crippen LogP contribution in [0.25, 0.3) is 0 Å². The van der Waals surface area contributed by atoms with E-state index in [4.69, 9.17) is 10.2 Å². The molecule has 0 aliphatic heterocycles. The molecule has 0 heterocycles. The summed E-state index contributed by atoms with van der Waals surface area (Å²) in [4.78, 5) is 21.3. The second kappa shape index (κ2) is 19.8. The van der Waals surface area contributed by atoms with Gasteiger partial charge < -0.3 is 10.2 Å². The number of unbranched alkanes of at least 4 members (excludes halogenated alkanes) is 13. The molecule has 0 bridgehead atoms. The van der Waals surface area contributed by atoms with Crippen molar-refractivity contribution in [1.82, 2.24) is 0 Å². The van der Waals surface area contributed by atoms with Crippen molar-refractivity contribution in [3.05, 3.63) is 0 Å². The third-order valence-corrected chi connectivity index (χ3v) is 6.01. The molecule has 0 unspecified atom stereocenters. The molecule has 0 radical (unpaired) electrons. The molecule has 0 spiro atoms. The minimum absolute atomic E-state index is 0.0910. The van der Waals surface area contributed by atoms with E-state index in [-0.39, 0.29) is 12.8 Å². The predicted octanol–water partition coefficient (Wildman–Crippen LogP) is 8.08. The average molecular weight is 431 g/mol. The summed E-state index contributed by atoms with van der Waals surface area (Å²) in [5, 5.41) is 17.5. The van der Waals surface area contributed by atoms with Gasteiger partial charge in [0.25, 0.3) is 0 Å². The first kappa shape index (κ1) is 28.9. The maximum atomic E-state index is 15.3. The molecular weight excluding hydrogens is 383 g/mol. The van der Waals surface area contributed by atoms with Crippen LogP contribution < -0.4 is 0 Å². The number of alkyl halides is 1. The number of rotatable bonds is 23. The van der Waals surface area contributed by atoms with Crippen molar-refractivity contribution >= 4 is 11.9 Å². The van der Waals surface area contributed by atoms with Crippen LogP contribution in [0.3, 0.4) is 0 Å². The number of carboxylic acids is 2. The summed E-state index contributed by atoms with van der Waals surface area (Å²) < 4.78 is 15.3. The third-order valence-electron chi connectivity index (χ3n) is 6.01. The van der Waals surface area contributed by atoms with Crippen LogP contribution in [0.5, 0.6) is 0 Å². The van der Waals surface area contributed by atoms with Gasteiger partial charge in [0.2, 0.25) is 0 Å². The molecule has 0 aromatic heterocycles. The summed E-state index contributed by atoms with van der Waals surface area (Å²) >= 11 is 0. The Balaban J connectivity index is 3.92. The predicted molar refractivity (Wildman–Crippen MR) is 122 cm³/mol. The molecule has 0 fully saturated rings. The Morgan fingerprint density at radius 3 is 1.20 bits per heavy atom. The fourth-order valence-corrected chi connectivity index (χ4v) is 4.09. The Hall–Kier alpha value is -1.13. The SMILES string of the molecule is CCCCCCCCCCCCCCC(F)(CCCCC(=O)O)CCCCC(=O)O. The first-order valence-electron chi connectivity index (χ1n) is 12.5. The molecule has 0 aromatic rings. The zero-order valence-electron chi connectivity index (χ0n) is 19.4. The fourth-order valence-electron chi connectivity index (χ4n) is 4.09. The molecule has 0 aliphatic carbocycles. The molecule has 0 saturated heterocycles. The van der Waals surface area contributed by atoms with Crippen molar-refractivity contribution in [3.63, 3.8) is 0 Å². The van der Waals surface area contributed by atoms with Gasteiger partial charge in [-0.05, 0) is 44.9 Å². The Morgan fingerprint density at radius 2 is 0.867 bits per heavy atom. The molecule has 30 heavy (non-hydrogen) atoms. The van der Waals surface area contributed by atoms with Gasteiger partial charge in [0.1, 0.15) is 5.67 Å². The van der Waals surface area contributed by atoms with Crippen LogP contribution in [0.4, 0.5) is 4.39 Å². The highest BCUT2D eigenvalue weighted by atomic mass is 19.1. The van der Waals surface area contributed by atoms with Crippen LogP contribution in [0, 0.1) is 0 Å². The summed E-state index contributed by atoms with van der Waals surface area (Å²) in [5.74, 6) is -1.66. The summed E-state index contributed by atoms with van der Waals surface area (Å²) in [6, 6.07) is 0. The van der Waals surface area contributed by atoms with E-state index in [1.807, 2.05) is 0 Å². The molecule has 0 atom stereocenters. The number of aliphatic carboxylic acids is 2. The molecule has 2 N–H and O–H groups in total. The smallest absolute Gasteiger partial charge is 0.303 e. The van der Waals surface area contributed by atoms with Gasteiger partial charge in [0, 0.05) is 12.8 Å². The lowest BCUT2D eigenvalue weighted by molar-refractivity contribution is -0.138. The largest absolute Gasteiger partial charge is 0.481 e. The molecule has 5 heteroatoms. The van der Waals surface area contributed by atoms with Gasteiger partial charge in [0.05, 0.1) is 0 Å². The van der Waals surface area contributed by atoms with E-state index < -0.39 is 17.6 Å². The van der Waals surface area contributed by atoms with E-state index in [0.717, 1.165) is 19.3 Å². The normalized spacial score (nSPS) is 11.7. The number of halogens is 1. The fraction of sp³-hybridized carbons (Fsp3) is 0.920. The molecule has 0 amide bonds. The number of hydrogen-bond donors (Lipinski definition) is 2. The highest BCUT2D eigenvalue weighted by molar-refractivity contribution is 5.66. The summed E-state index contributed by atoms with van der Waals surface area (Å²) in [6.45, 7) is 2.24. The van der Waals surface area contributed by atoms with Gasteiger partial charge in [-0.1, -0.05) is 84.0 Å². The maximum absolute atomic E-state index is 15.3. The van der Waals surface area contributed by atoms with Crippen molar-refractivity contribution < 1.29 is 24.2 Å². The van der Waals surface area contributed by atoms with Crippen LogP contribution >= 0.6 is 0 Å². The van der Waals surface area contributed by atoms with Crippen molar-refractivity contribution in [2.75, 3.05) is 0 Å². The second-order valence-electron chi connectivity index (χ2n) is 8.99. The van der Waals surface area contributed by atoms with Gasteiger partial charge in [0.15, 0.2) is 0 Å². The van der Waals surface area contributed by atoms with E-state index in [1.54, 1.807) is 0 Å². The number of hydrogen-bond acceptors (Lipinski definition) is 2. The maximum Gasteiger partial charge on any atom is 0.303 e. The Morgan fingerprint density at radius 1 is 0.567 bits per heavy atom. The minimum atomic E-state index is -1.27. The first-order valence-corrected chi connectivity index (χ1v) is 12.5.